The number of benzene rings is 1. The average molecular weight is 212 g/mol. The van der Waals surface area contributed by atoms with Crippen LogP contribution in [-0.2, 0) is 7.05 Å². The van der Waals surface area contributed by atoms with Gasteiger partial charge in [-0.3, -0.25) is 4.68 Å². The Hall–Kier alpha value is -1.04. The summed E-state index contributed by atoms with van der Waals surface area (Å²) in [6.07, 6.45) is 1.63. The van der Waals surface area contributed by atoms with Gasteiger partial charge in [-0.1, -0.05) is 12.1 Å². The van der Waals surface area contributed by atoms with Crippen LogP contribution in [-0.4, -0.2) is 26.9 Å². The zero-order chi connectivity index (χ0) is 9.42. The van der Waals surface area contributed by atoms with Crippen LogP contribution >= 0.6 is 12.4 Å². The maximum atomic E-state index is 9.05. The first-order valence-corrected chi connectivity index (χ1v) is 3.97. The van der Waals surface area contributed by atoms with Crippen LogP contribution in [0.15, 0.2) is 24.4 Å². The molecule has 4 nitrogen and oxygen atoms in total. The molecule has 2 aromatic rings. The van der Waals surface area contributed by atoms with Crippen molar-refractivity contribution in [2.45, 2.75) is 0 Å². The number of aromatic nitrogens is 2. The summed E-state index contributed by atoms with van der Waals surface area (Å²) in [6, 6.07) is 5.34. The first-order chi connectivity index (χ1) is 6.20. The minimum Gasteiger partial charge on any atom is -0.423 e. The molecule has 2 rings (SSSR count). The van der Waals surface area contributed by atoms with Crippen LogP contribution in [0.4, 0.5) is 0 Å². The van der Waals surface area contributed by atoms with E-state index in [2.05, 4.69) is 5.10 Å². The van der Waals surface area contributed by atoms with Crippen molar-refractivity contribution in [1.82, 2.24) is 9.78 Å². The van der Waals surface area contributed by atoms with Crippen molar-refractivity contribution >= 4 is 35.9 Å². The van der Waals surface area contributed by atoms with Crippen molar-refractivity contribution in [3.8, 4) is 0 Å². The Labute approximate surface area is 87.7 Å². The lowest BCUT2D eigenvalue weighted by Gasteiger charge is -2.00. The topological polar surface area (TPSA) is 58.3 Å². The van der Waals surface area contributed by atoms with E-state index in [1.54, 1.807) is 23.0 Å². The third kappa shape index (κ3) is 1.62. The molecule has 0 aliphatic carbocycles. The highest BCUT2D eigenvalue weighted by atomic mass is 35.5. The second kappa shape index (κ2) is 4.00. The summed E-state index contributed by atoms with van der Waals surface area (Å²) >= 11 is 0. The minimum absolute atomic E-state index is 0. The van der Waals surface area contributed by atoms with Crippen LogP contribution in [0.2, 0.25) is 0 Å². The van der Waals surface area contributed by atoms with Crippen LogP contribution in [0, 0.1) is 0 Å². The molecule has 2 N–H and O–H groups in total. The molecular formula is C8H10BClN2O2. The second-order valence-electron chi connectivity index (χ2n) is 2.92. The molecule has 1 aromatic carbocycles. The molecule has 0 saturated heterocycles. The van der Waals surface area contributed by atoms with E-state index in [1.165, 1.54) is 0 Å². The average Bonchev–Trinajstić information content (AvgIpc) is 2.48. The molecule has 1 heterocycles. The molecule has 0 aliphatic rings. The summed E-state index contributed by atoms with van der Waals surface area (Å²) in [5.74, 6) is 0. The van der Waals surface area contributed by atoms with Crippen LogP contribution in [0.5, 0.6) is 0 Å². The Morgan fingerprint density at radius 3 is 2.71 bits per heavy atom. The van der Waals surface area contributed by atoms with Crippen LogP contribution in [0.3, 0.4) is 0 Å². The molecule has 0 saturated carbocycles. The van der Waals surface area contributed by atoms with E-state index >= 15 is 0 Å². The van der Waals surface area contributed by atoms with E-state index in [4.69, 9.17) is 10.0 Å². The molecule has 0 radical (unpaired) electrons. The Morgan fingerprint density at radius 1 is 1.36 bits per heavy atom. The molecule has 0 aliphatic heterocycles. The van der Waals surface area contributed by atoms with Crippen molar-refractivity contribution in [2.75, 3.05) is 0 Å². The fraction of sp³-hybridized carbons (Fsp3) is 0.125. The van der Waals surface area contributed by atoms with Gasteiger partial charge in [-0.25, -0.2) is 0 Å². The van der Waals surface area contributed by atoms with Gasteiger partial charge in [-0.2, -0.15) is 5.10 Å². The molecule has 74 valence electrons. The summed E-state index contributed by atoms with van der Waals surface area (Å²) in [4.78, 5) is 0. The molecule has 0 bridgehead atoms. The SMILES string of the molecule is Cl.Cn1ncc2c(B(O)O)cccc21. The van der Waals surface area contributed by atoms with E-state index in [-0.39, 0.29) is 12.4 Å². The predicted octanol–water partition coefficient (Wildman–Crippen LogP) is -0.325. The van der Waals surface area contributed by atoms with Gasteiger partial charge in [0, 0.05) is 12.4 Å². The van der Waals surface area contributed by atoms with Crippen LogP contribution in [0.25, 0.3) is 10.9 Å². The first-order valence-electron chi connectivity index (χ1n) is 3.97. The second-order valence-corrected chi connectivity index (χ2v) is 2.92. The van der Waals surface area contributed by atoms with Gasteiger partial charge in [0.25, 0.3) is 0 Å². The number of rotatable bonds is 1. The van der Waals surface area contributed by atoms with Gasteiger partial charge in [0.05, 0.1) is 11.7 Å². The fourth-order valence-electron chi connectivity index (χ4n) is 1.42. The van der Waals surface area contributed by atoms with Crippen molar-refractivity contribution in [2.24, 2.45) is 7.05 Å². The van der Waals surface area contributed by atoms with E-state index < -0.39 is 7.12 Å². The summed E-state index contributed by atoms with van der Waals surface area (Å²) in [7, 11) is 0.378. The smallest absolute Gasteiger partial charge is 0.423 e. The quantitative estimate of drug-likeness (QED) is 0.637. The summed E-state index contributed by atoms with van der Waals surface area (Å²) < 4.78 is 1.70. The molecule has 0 unspecified atom stereocenters. The number of hydrogen-bond donors (Lipinski definition) is 2. The van der Waals surface area contributed by atoms with Gasteiger partial charge in [-0.15, -0.1) is 12.4 Å². The molecule has 1 aromatic heterocycles. The summed E-state index contributed by atoms with van der Waals surface area (Å²) in [6.45, 7) is 0. The van der Waals surface area contributed by atoms with E-state index in [1.807, 2.05) is 13.1 Å². The predicted molar refractivity (Wildman–Crippen MR) is 57.8 cm³/mol. The number of nitrogens with zero attached hydrogens (tertiary/aromatic N) is 2. The van der Waals surface area contributed by atoms with Gasteiger partial charge in [-0.05, 0) is 11.5 Å². The molecular weight excluding hydrogens is 202 g/mol. The Bertz CT molecular complexity index is 444. The van der Waals surface area contributed by atoms with E-state index in [9.17, 15) is 0 Å². The zero-order valence-corrected chi connectivity index (χ0v) is 8.40. The standard InChI is InChI=1S/C8H9BN2O2.ClH/c1-11-8-4-2-3-7(9(12)13)6(8)5-10-11;/h2-5,12-13H,1H3;1H. The molecule has 14 heavy (non-hydrogen) atoms. The van der Waals surface area contributed by atoms with Crippen molar-refractivity contribution in [3.63, 3.8) is 0 Å². The molecule has 0 amide bonds. The fourth-order valence-corrected chi connectivity index (χ4v) is 1.42. The number of aryl methyl sites for hydroxylation is 1. The minimum atomic E-state index is -1.44. The van der Waals surface area contributed by atoms with Gasteiger partial charge in [0.1, 0.15) is 0 Å². The lowest BCUT2D eigenvalue weighted by Crippen LogP contribution is -2.30. The molecule has 6 heteroatoms. The van der Waals surface area contributed by atoms with E-state index in [0.717, 1.165) is 10.9 Å². The maximum Gasteiger partial charge on any atom is 0.489 e. The van der Waals surface area contributed by atoms with Crippen molar-refractivity contribution in [3.05, 3.63) is 24.4 Å². The third-order valence-corrected chi connectivity index (χ3v) is 2.10. The molecule has 0 fully saturated rings. The van der Waals surface area contributed by atoms with Crippen LogP contribution < -0.4 is 5.46 Å². The highest BCUT2D eigenvalue weighted by Crippen LogP contribution is 2.09. The number of fused-ring (bicyclic) bond motifs is 1. The molecule has 0 atom stereocenters. The summed E-state index contributed by atoms with van der Waals surface area (Å²) in [5, 5.41) is 22.9. The lowest BCUT2D eigenvalue weighted by molar-refractivity contribution is 0.426. The van der Waals surface area contributed by atoms with Crippen molar-refractivity contribution < 1.29 is 10.0 Å². The molecule has 0 spiro atoms. The van der Waals surface area contributed by atoms with Gasteiger partial charge >= 0.3 is 7.12 Å². The van der Waals surface area contributed by atoms with Crippen molar-refractivity contribution in [1.29, 1.82) is 0 Å². The van der Waals surface area contributed by atoms with Gasteiger partial charge in [0.15, 0.2) is 0 Å². The van der Waals surface area contributed by atoms with Gasteiger partial charge in [0.2, 0.25) is 0 Å². The van der Waals surface area contributed by atoms with Crippen LogP contribution in [0.1, 0.15) is 0 Å². The van der Waals surface area contributed by atoms with Gasteiger partial charge < -0.3 is 10.0 Å². The van der Waals surface area contributed by atoms with E-state index in [0.29, 0.717) is 5.46 Å². The Morgan fingerprint density at radius 2 is 2.07 bits per heavy atom. The Balaban J connectivity index is 0.000000980. The largest absolute Gasteiger partial charge is 0.489 e. The monoisotopic (exact) mass is 212 g/mol. The first kappa shape index (κ1) is 11.0. The zero-order valence-electron chi connectivity index (χ0n) is 7.58. The Kier molecular flexibility index (Phi) is 3.15. The lowest BCUT2D eigenvalue weighted by atomic mass is 9.78. The highest BCUT2D eigenvalue weighted by molar-refractivity contribution is 6.61. The highest BCUT2D eigenvalue weighted by Gasteiger charge is 2.15. The summed E-state index contributed by atoms with van der Waals surface area (Å²) in [5.41, 5.74) is 1.39. The third-order valence-electron chi connectivity index (χ3n) is 2.10. The number of hydrogen-bond acceptors (Lipinski definition) is 3. The maximum absolute atomic E-state index is 9.05. The number of halogens is 1. The normalized spacial score (nSPS) is 9.93.